The predicted octanol–water partition coefficient (Wildman–Crippen LogP) is 0.670. The molecule has 0 aliphatic rings. The van der Waals surface area contributed by atoms with E-state index in [9.17, 15) is 4.79 Å². The molecule has 13 heavy (non-hydrogen) atoms. The van der Waals surface area contributed by atoms with Crippen LogP contribution in [0, 0.1) is 6.92 Å². The summed E-state index contributed by atoms with van der Waals surface area (Å²) in [5.74, 6) is 0.237. The number of aliphatic carboxylic acids is 1. The average Bonchev–Trinajstić information content (AvgIpc) is 2.04. The van der Waals surface area contributed by atoms with E-state index in [1.54, 1.807) is 26.1 Å². The Hall–Kier alpha value is -1.65. The van der Waals surface area contributed by atoms with E-state index in [4.69, 9.17) is 5.11 Å². The van der Waals surface area contributed by atoms with E-state index >= 15 is 0 Å². The first-order valence-electron chi connectivity index (χ1n) is 3.88. The third-order valence-corrected chi connectivity index (χ3v) is 1.51. The molecule has 1 rings (SSSR count). The topological polar surface area (TPSA) is 75.1 Å². The predicted molar refractivity (Wildman–Crippen MR) is 47.5 cm³/mol. The normalized spacial score (nSPS) is 12.2. The Morgan fingerprint density at radius 1 is 1.69 bits per heavy atom. The van der Waals surface area contributed by atoms with Gasteiger partial charge in [-0.05, 0) is 19.9 Å². The molecule has 0 fully saturated rings. The molecule has 5 heteroatoms. The standard InChI is InChI=1S/C8H11N3O2/c1-5(8(12)13)10-7-3-4-9-6(2)11-7/h3-5H,1-2H3,(H,12,13)(H,9,10,11). The zero-order valence-electron chi connectivity index (χ0n) is 7.48. The lowest BCUT2D eigenvalue weighted by molar-refractivity contribution is -0.137. The number of carboxylic acid groups (broad SMARTS) is 1. The number of carboxylic acids is 1. The summed E-state index contributed by atoms with van der Waals surface area (Å²) in [6.45, 7) is 3.30. The van der Waals surface area contributed by atoms with Crippen molar-refractivity contribution in [2.45, 2.75) is 19.9 Å². The molecule has 0 radical (unpaired) electrons. The summed E-state index contributed by atoms with van der Waals surface area (Å²) in [4.78, 5) is 18.4. The van der Waals surface area contributed by atoms with Crippen LogP contribution in [0.5, 0.6) is 0 Å². The van der Waals surface area contributed by atoms with Crippen LogP contribution in [0.25, 0.3) is 0 Å². The Bertz CT molecular complexity index is 314. The van der Waals surface area contributed by atoms with E-state index in [1.807, 2.05) is 0 Å². The first kappa shape index (κ1) is 9.44. The van der Waals surface area contributed by atoms with E-state index in [2.05, 4.69) is 15.3 Å². The molecule has 1 aromatic heterocycles. The van der Waals surface area contributed by atoms with Gasteiger partial charge in [-0.15, -0.1) is 0 Å². The fraction of sp³-hybridized carbons (Fsp3) is 0.375. The van der Waals surface area contributed by atoms with Gasteiger partial charge in [0.25, 0.3) is 0 Å². The van der Waals surface area contributed by atoms with Crippen LogP contribution >= 0.6 is 0 Å². The summed E-state index contributed by atoms with van der Waals surface area (Å²) in [6, 6.07) is 0.987. The molecule has 0 saturated heterocycles. The van der Waals surface area contributed by atoms with Gasteiger partial charge in [0.15, 0.2) is 0 Å². The molecule has 1 aromatic rings. The minimum atomic E-state index is -0.906. The second kappa shape index (κ2) is 3.84. The lowest BCUT2D eigenvalue weighted by Crippen LogP contribution is -2.25. The van der Waals surface area contributed by atoms with E-state index in [1.165, 1.54) is 0 Å². The number of nitrogens with zero attached hydrogens (tertiary/aromatic N) is 2. The van der Waals surface area contributed by atoms with Crippen molar-refractivity contribution in [3.63, 3.8) is 0 Å². The van der Waals surface area contributed by atoms with Crippen molar-refractivity contribution < 1.29 is 9.90 Å². The molecular formula is C8H11N3O2. The van der Waals surface area contributed by atoms with Crippen LogP contribution in [0.3, 0.4) is 0 Å². The van der Waals surface area contributed by atoms with E-state index in [-0.39, 0.29) is 0 Å². The maximum atomic E-state index is 10.5. The van der Waals surface area contributed by atoms with Crippen LogP contribution in [-0.2, 0) is 4.79 Å². The minimum absolute atomic E-state index is 0.530. The number of nitrogens with one attached hydrogen (secondary N) is 1. The zero-order chi connectivity index (χ0) is 9.84. The van der Waals surface area contributed by atoms with Crippen molar-refractivity contribution in [2.24, 2.45) is 0 Å². The molecule has 0 spiro atoms. The Balaban J connectivity index is 2.69. The Morgan fingerprint density at radius 2 is 2.38 bits per heavy atom. The highest BCUT2D eigenvalue weighted by molar-refractivity contribution is 5.76. The average molecular weight is 181 g/mol. The lowest BCUT2D eigenvalue weighted by atomic mass is 10.3. The van der Waals surface area contributed by atoms with Gasteiger partial charge in [-0.25, -0.2) is 9.97 Å². The van der Waals surface area contributed by atoms with Gasteiger partial charge in [0.2, 0.25) is 0 Å². The Labute approximate surface area is 75.8 Å². The maximum Gasteiger partial charge on any atom is 0.325 e. The first-order valence-corrected chi connectivity index (χ1v) is 3.88. The van der Waals surface area contributed by atoms with Gasteiger partial charge in [-0.3, -0.25) is 4.79 Å². The second-order valence-electron chi connectivity index (χ2n) is 2.69. The maximum absolute atomic E-state index is 10.5. The van der Waals surface area contributed by atoms with Gasteiger partial charge in [-0.1, -0.05) is 0 Å². The van der Waals surface area contributed by atoms with Crippen LogP contribution in [0.15, 0.2) is 12.3 Å². The van der Waals surface area contributed by atoms with Gasteiger partial charge >= 0.3 is 5.97 Å². The molecule has 0 amide bonds. The monoisotopic (exact) mass is 181 g/mol. The molecular weight excluding hydrogens is 170 g/mol. The number of aryl methyl sites for hydroxylation is 1. The summed E-state index contributed by atoms with van der Waals surface area (Å²) in [6.07, 6.45) is 1.58. The molecule has 1 atom stereocenters. The van der Waals surface area contributed by atoms with Crippen molar-refractivity contribution in [3.05, 3.63) is 18.1 Å². The molecule has 1 unspecified atom stereocenters. The summed E-state index contributed by atoms with van der Waals surface area (Å²) < 4.78 is 0. The zero-order valence-corrected chi connectivity index (χ0v) is 7.48. The van der Waals surface area contributed by atoms with E-state index in [0.717, 1.165) is 0 Å². The summed E-state index contributed by atoms with van der Waals surface area (Å²) in [7, 11) is 0. The molecule has 0 aromatic carbocycles. The number of anilines is 1. The molecule has 0 bridgehead atoms. The number of hydrogen-bond donors (Lipinski definition) is 2. The molecule has 0 saturated carbocycles. The van der Waals surface area contributed by atoms with Crippen LogP contribution in [0.1, 0.15) is 12.7 Å². The van der Waals surface area contributed by atoms with Crippen molar-refractivity contribution in [1.82, 2.24) is 9.97 Å². The minimum Gasteiger partial charge on any atom is -0.480 e. The fourth-order valence-corrected chi connectivity index (χ4v) is 0.820. The van der Waals surface area contributed by atoms with Crippen molar-refractivity contribution in [3.8, 4) is 0 Å². The van der Waals surface area contributed by atoms with E-state index in [0.29, 0.717) is 11.6 Å². The summed E-state index contributed by atoms with van der Waals surface area (Å²) >= 11 is 0. The Kier molecular flexibility index (Phi) is 2.79. The highest BCUT2D eigenvalue weighted by atomic mass is 16.4. The molecule has 5 nitrogen and oxygen atoms in total. The smallest absolute Gasteiger partial charge is 0.325 e. The molecule has 70 valence electrons. The van der Waals surface area contributed by atoms with E-state index < -0.39 is 12.0 Å². The largest absolute Gasteiger partial charge is 0.480 e. The van der Waals surface area contributed by atoms with Crippen LogP contribution < -0.4 is 5.32 Å². The van der Waals surface area contributed by atoms with Gasteiger partial charge in [0.05, 0.1) is 0 Å². The fourth-order valence-electron chi connectivity index (χ4n) is 0.820. The first-order chi connectivity index (χ1) is 6.09. The lowest BCUT2D eigenvalue weighted by Gasteiger charge is -2.09. The van der Waals surface area contributed by atoms with Gasteiger partial charge < -0.3 is 10.4 Å². The third-order valence-electron chi connectivity index (χ3n) is 1.51. The second-order valence-corrected chi connectivity index (χ2v) is 2.69. The van der Waals surface area contributed by atoms with Gasteiger partial charge in [-0.2, -0.15) is 0 Å². The summed E-state index contributed by atoms with van der Waals surface area (Å²) in [5.41, 5.74) is 0. The third kappa shape index (κ3) is 2.70. The summed E-state index contributed by atoms with van der Waals surface area (Å²) in [5, 5.41) is 11.3. The van der Waals surface area contributed by atoms with Gasteiger partial charge in [0.1, 0.15) is 17.7 Å². The van der Waals surface area contributed by atoms with Crippen LogP contribution in [0.4, 0.5) is 5.82 Å². The van der Waals surface area contributed by atoms with Crippen LogP contribution in [0.2, 0.25) is 0 Å². The quantitative estimate of drug-likeness (QED) is 0.716. The number of carbonyl (C=O) groups is 1. The van der Waals surface area contributed by atoms with Gasteiger partial charge in [0, 0.05) is 6.20 Å². The van der Waals surface area contributed by atoms with Crippen molar-refractivity contribution in [1.29, 1.82) is 0 Å². The highest BCUT2D eigenvalue weighted by Gasteiger charge is 2.10. The van der Waals surface area contributed by atoms with Crippen molar-refractivity contribution in [2.75, 3.05) is 5.32 Å². The van der Waals surface area contributed by atoms with Crippen molar-refractivity contribution >= 4 is 11.8 Å². The molecule has 0 aliphatic carbocycles. The number of hydrogen-bond acceptors (Lipinski definition) is 4. The molecule has 2 N–H and O–H groups in total. The highest BCUT2D eigenvalue weighted by Crippen LogP contribution is 2.03. The number of aromatic nitrogens is 2. The Morgan fingerprint density at radius 3 is 2.92 bits per heavy atom. The molecule has 1 heterocycles. The molecule has 0 aliphatic heterocycles. The number of rotatable bonds is 3. The van der Waals surface area contributed by atoms with Crippen LogP contribution in [-0.4, -0.2) is 27.1 Å². The SMILES string of the molecule is Cc1nccc(NC(C)C(=O)O)n1.